The van der Waals surface area contributed by atoms with Gasteiger partial charge in [0.2, 0.25) is 0 Å². The highest BCUT2D eigenvalue weighted by Crippen LogP contribution is 2.69. The van der Waals surface area contributed by atoms with Crippen LogP contribution in [0.3, 0.4) is 0 Å². The Labute approximate surface area is 277 Å². The zero-order valence-electron chi connectivity index (χ0n) is 28.6. The molecule has 0 bridgehead atoms. The molecule has 4 saturated carbocycles. The van der Waals surface area contributed by atoms with Gasteiger partial charge in [0.15, 0.2) is 0 Å². The van der Waals surface area contributed by atoms with Crippen LogP contribution in [0.15, 0.2) is 0 Å². The third-order valence-electron chi connectivity index (χ3n) is 13.5. The smallest absolute Gasteiger partial charge is 0.104 e. The molecular weight excluding hydrogens is 584 g/mol. The minimum Gasteiger partial charge on any atom is -0.372 e. The Morgan fingerprint density at radius 1 is 0.391 bits per heavy atom. The molecule has 0 aromatic carbocycles. The van der Waals surface area contributed by atoms with E-state index in [4.69, 9.17) is 37.9 Å². The van der Waals surface area contributed by atoms with Crippen molar-refractivity contribution in [3.8, 4) is 0 Å². The molecule has 0 aromatic heterocycles. The Balaban J connectivity index is 1.32. The van der Waals surface area contributed by atoms with E-state index in [2.05, 4.69) is 0 Å². The molecule has 4 saturated heterocycles. The molecule has 4 heterocycles. The van der Waals surface area contributed by atoms with Crippen LogP contribution in [0.4, 0.5) is 0 Å². The molecule has 8 heteroatoms. The normalized spacial score (nSPS) is 36.8. The van der Waals surface area contributed by atoms with Gasteiger partial charge in [0.25, 0.3) is 0 Å². The van der Waals surface area contributed by atoms with E-state index in [1.54, 1.807) is 0 Å². The van der Waals surface area contributed by atoms with E-state index in [9.17, 15) is 0 Å². The van der Waals surface area contributed by atoms with Crippen molar-refractivity contribution >= 4 is 0 Å². The Morgan fingerprint density at radius 3 is 0.978 bits per heavy atom. The summed E-state index contributed by atoms with van der Waals surface area (Å²) in [5.74, 6) is 0. The largest absolute Gasteiger partial charge is 0.372 e. The molecule has 0 amide bonds. The number of rotatable bonds is 17. The first kappa shape index (κ1) is 32.9. The zero-order chi connectivity index (χ0) is 31.0. The Hall–Kier alpha value is -0.320. The average molecular weight is 647 g/mol. The summed E-state index contributed by atoms with van der Waals surface area (Å²) in [6.45, 7) is 6.02. The molecule has 0 radical (unpaired) electrons. The molecule has 0 spiro atoms. The van der Waals surface area contributed by atoms with Gasteiger partial charge in [-0.15, -0.1) is 0 Å². The highest BCUT2D eigenvalue weighted by molar-refractivity contribution is 5.24. The highest BCUT2D eigenvalue weighted by Gasteiger charge is 2.75. The molecular formula is C38H62O8. The summed E-state index contributed by atoms with van der Waals surface area (Å²) >= 11 is 0. The van der Waals surface area contributed by atoms with Gasteiger partial charge < -0.3 is 37.9 Å². The molecule has 4 unspecified atom stereocenters. The van der Waals surface area contributed by atoms with Crippen LogP contribution in [0.2, 0.25) is 0 Å². The van der Waals surface area contributed by atoms with Gasteiger partial charge in [0.05, 0.1) is 80.7 Å². The fourth-order valence-corrected chi connectivity index (χ4v) is 10.9. The summed E-state index contributed by atoms with van der Waals surface area (Å²) in [5.41, 5.74) is -1.73. The van der Waals surface area contributed by atoms with E-state index in [1.165, 1.54) is 77.0 Å². The van der Waals surface area contributed by atoms with E-state index >= 15 is 0 Å². The second kappa shape index (κ2) is 13.8. The molecule has 0 N–H and O–H groups in total. The van der Waals surface area contributed by atoms with Crippen LogP contribution in [0.5, 0.6) is 0 Å². The van der Waals surface area contributed by atoms with E-state index in [-0.39, 0.29) is 52.2 Å². The molecule has 0 aromatic rings. The van der Waals surface area contributed by atoms with Crippen molar-refractivity contribution in [2.45, 2.75) is 182 Å². The average Bonchev–Trinajstić information content (AvgIpc) is 3.89. The standard InChI is InChI=1S/C38H62O8/c1-5-13-34(14-6-1,43-25-30-21-39-30)29-38(35(15-7-2-8-16-35)44-26-31-22-40-31,36(17-9-3-10-18-36)45-27-32-23-41-32)37(19-11-4-12-20-37)46-28-33-24-42-33/h30-33H,1-29H2. The minimum atomic E-state index is -0.380. The number of hydrogen-bond acceptors (Lipinski definition) is 8. The first-order valence-electron chi connectivity index (χ1n) is 19.6. The molecule has 8 nitrogen and oxygen atoms in total. The third-order valence-corrected chi connectivity index (χ3v) is 13.5. The molecule has 4 aliphatic carbocycles. The Kier molecular flexibility index (Phi) is 9.84. The number of epoxide rings is 4. The lowest BCUT2D eigenvalue weighted by Gasteiger charge is -2.70. The van der Waals surface area contributed by atoms with Crippen LogP contribution in [0.1, 0.15) is 135 Å². The first-order chi connectivity index (χ1) is 22.6. The van der Waals surface area contributed by atoms with E-state index in [1.807, 2.05) is 0 Å². The van der Waals surface area contributed by atoms with Crippen LogP contribution in [-0.2, 0) is 37.9 Å². The maximum absolute atomic E-state index is 7.66. The van der Waals surface area contributed by atoms with Gasteiger partial charge in [0, 0.05) is 0 Å². The molecule has 4 atom stereocenters. The molecule has 8 rings (SSSR count). The second-order valence-corrected chi connectivity index (χ2v) is 16.6. The van der Waals surface area contributed by atoms with Crippen molar-refractivity contribution in [3.05, 3.63) is 0 Å². The lowest BCUT2D eigenvalue weighted by molar-refractivity contribution is -0.349. The fraction of sp³-hybridized carbons (Fsp3) is 1.00. The quantitative estimate of drug-likeness (QED) is 0.159. The predicted octanol–water partition coefficient (Wildman–Crippen LogP) is 6.84. The Morgan fingerprint density at radius 2 is 0.674 bits per heavy atom. The van der Waals surface area contributed by atoms with Crippen LogP contribution in [-0.4, -0.2) is 99.7 Å². The summed E-state index contributed by atoms with van der Waals surface area (Å²) in [6.07, 6.45) is 25.2. The van der Waals surface area contributed by atoms with E-state index < -0.39 is 0 Å². The number of hydrogen-bond donors (Lipinski definition) is 0. The van der Waals surface area contributed by atoms with Gasteiger partial charge in [-0.2, -0.15) is 0 Å². The van der Waals surface area contributed by atoms with Crippen molar-refractivity contribution in [1.29, 1.82) is 0 Å². The monoisotopic (exact) mass is 646 g/mol. The summed E-state index contributed by atoms with van der Waals surface area (Å²) in [7, 11) is 0. The summed E-state index contributed by atoms with van der Waals surface area (Å²) < 4.78 is 53.6. The topological polar surface area (TPSA) is 87.0 Å². The SMILES string of the molecule is C1CCC(CC(C2(OCC3CO3)CCCCC2)(C2(OCC3CO3)CCCCC2)C2(OCC3CO3)CCCCC2)(OCC2CO2)CC1. The van der Waals surface area contributed by atoms with Crippen molar-refractivity contribution in [2.75, 3.05) is 52.9 Å². The lowest BCUT2D eigenvalue weighted by Crippen LogP contribution is -2.77. The van der Waals surface area contributed by atoms with Gasteiger partial charge in [-0.25, -0.2) is 0 Å². The van der Waals surface area contributed by atoms with Crippen LogP contribution in [0, 0.1) is 5.41 Å². The van der Waals surface area contributed by atoms with Gasteiger partial charge in [-0.3, -0.25) is 0 Å². The van der Waals surface area contributed by atoms with Crippen molar-refractivity contribution in [1.82, 2.24) is 0 Å². The maximum atomic E-state index is 7.66. The van der Waals surface area contributed by atoms with Crippen LogP contribution >= 0.6 is 0 Å². The van der Waals surface area contributed by atoms with Crippen LogP contribution < -0.4 is 0 Å². The van der Waals surface area contributed by atoms with E-state index in [0.717, 1.165) is 84.2 Å². The highest BCUT2D eigenvalue weighted by atomic mass is 16.6. The summed E-state index contributed by atoms with van der Waals surface area (Å²) in [5, 5.41) is 0. The summed E-state index contributed by atoms with van der Waals surface area (Å²) in [6, 6.07) is 0. The third kappa shape index (κ3) is 6.74. The van der Waals surface area contributed by atoms with Crippen molar-refractivity contribution in [2.24, 2.45) is 5.41 Å². The molecule has 262 valence electrons. The zero-order valence-corrected chi connectivity index (χ0v) is 28.6. The minimum absolute atomic E-state index is 0.217. The molecule has 8 fully saturated rings. The molecule has 4 aliphatic heterocycles. The molecule has 8 aliphatic rings. The predicted molar refractivity (Wildman–Crippen MR) is 173 cm³/mol. The lowest BCUT2D eigenvalue weighted by atomic mass is 9.42. The van der Waals surface area contributed by atoms with Gasteiger partial charge in [-0.1, -0.05) is 77.0 Å². The fourth-order valence-electron chi connectivity index (χ4n) is 10.9. The Bertz CT molecular complexity index is 884. The van der Waals surface area contributed by atoms with E-state index in [0.29, 0.717) is 26.4 Å². The van der Waals surface area contributed by atoms with Crippen molar-refractivity contribution in [3.63, 3.8) is 0 Å². The van der Waals surface area contributed by atoms with Gasteiger partial charge in [-0.05, 0) is 57.8 Å². The van der Waals surface area contributed by atoms with Crippen LogP contribution in [0.25, 0.3) is 0 Å². The summed E-state index contributed by atoms with van der Waals surface area (Å²) in [4.78, 5) is 0. The molecule has 46 heavy (non-hydrogen) atoms. The first-order valence-corrected chi connectivity index (χ1v) is 19.6. The van der Waals surface area contributed by atoms with Gasteiger partial charge >= 0.3 is 0 Å². The number of ether oxygens (including phenoxy) is 8. The van der Waals surface area contributed by atoms with Gasteiger partial charge in [0.1, 0.15) is 24.4 Å². The maximum Gasteiger partial charge on any atom is 0.104 e. The second-order valence-electron chi connectivity index (χ2n) is 16.6. The van der Waals surface area contributed by atoms with Crippen molar-refractivity contribution < 1.29 is 37.9 Å².